The molecule has 2 aromatic heterocycles. The lowest BCUT2D eigenvalue weighted by molar-refractivity contribution is -0.130. The van der Waals surface area contributed by atoms with Gasteiger partial charge >= 0.3 is 0 Å². The number of aliphatic hydroxyl groups excluding tert-OH is 1. The van der Waals surface area contributed by atoms with Crippen LogP contribution in [-0.4, -0.2) is 85.8 Å². The number of aryl methyl sites for hydroxylation is 2. The zero-order valence-corrected chi connectivity index (χ0v) is 17.9. The summed E-state index contributed by atoms with van der Waals surface area (Å²) >= 11 is 0. The maximum absolute atomic E-state index is 12.8. The molecule has 172 valence electrons. The molecule has 4 N–H and O–H groups in total. The fraction of sp³-hybridized carbons (Fsp3) is 0.476. The Labute approximate surface area is 185 Å². The minimum Gasteiger partial charge on any atom is -0.483 e. The first kappa shape index (κ1) is 23.2. The molecule has 0 aliphatic carbocycles. The third kappa shape index (κ3) is 4.72. The van der Waals surface area contributed by atoms with Crippen molar-refractivity contribution in [2.75, 3.05) is 38.5 Å². The second kappa shape index (κ2) is 9.77. The molecule has 2 saturated heterocycles. The molecule has 0 saturated carbocycles. The molecule has 2 aromatic rings. The van der Waals surface area contributed by atoms with Gasteiger partial charge in [0.25, 0.3) is 12.4 Å². The van der Waals surface area contributed by atoms with Crippen molar-refractivity contribution in [1.29, 1.82) is 0 Å². The Bertz CT molecular complexity index is 979. The van der Waals surface area contributed by atoms with E-state index in [4.69, 9.17) is 15.6 Å². The lowest BCUT2D eigenvalue weighted by atomic mass is 9.82. The molecule has 0 radical (unpaired) electrons. The molecule has 2 atom stereocenters. The highest BCUT2D eigenvalue weighted by molar-refractivity contribution is 5.93. The number of rotatable bonds is 5. The Balaban J connectivity index is 0.000000913. The lowest BCUT2D eigenvalue weighted by Gasteiger charge is -2.27. The number of carbonyl (C=O) groups is 3. The van der Waals surface area contributed by atoms with E-state index in [2.05, 4.69) is 10.1 Å². The number of nitrogens with two attached hydrogens (primary N) is 1. The number of fused-ring (bicyclic) bond motifs is 1. The smallest absolute Gasteiger partial charge is 0.290 e. The molecule has 0 spiro atoms. The summed E-state index contributed by atoms with van der Waals surface area (Å²) in [6.07, 6.45) is 2.76. The number of anilines is 1. The van der Waals surface area contributed by atoms with Gasteiger partial charge in [-0.1, -0.05) is 6.07 Å². The number of likely N-dealkylation sites (tertiary alicyclic amines) is 2. The summed E-state index contributed by atoms with van der Waals surface area (Å²) in [6, 6.07) is 6.90. The number of carboxylic acid groups (broad SMARTS) is 1. The Kier molecular flexibility index (Phi) is 7.08. The number of pyridine rings is 1. The van der Waals surface area contributed by atoms with Crippen LogP contribution in [0.4, 0.5) is 5.82 Å². The van der Waals surface area contributed by atoms with Crippen LogP contribution in [0.25, 0.3) is 0 Å². The molecule has 2 aliphatic heterocycles. The van der Waals surface area contributed by atoms with Gasteiger partial charge in [-0.05, 0) is 24.6 Å². The van der Waals surface area contributed by atoms with E-state index in [0.29, 0.717) is 50.5 Å². The van der Waals surface area contributed by atoms with Gasteiger partial charge in [0.2, 0.25) is 5.91 Å². The van der Waals surface area contributed by atoms with Gasteiger partial charge in [0.1, 0.15) is 11.5 Å². The summed E-state index contributed by atoms with van der Waals surface area (Å²) in [5.41, 5.74) is 6.54. The van der Waals surface area contributed by atoms with E-state index in [9.17, 15) is 14.7 Å². The summed E-state index contributed by atoms with van der Waals surface area (Å²) in [6.45, 7) is 1.62. The van der Waals surface area contributed by atoms with Crippen molar-refractivity contribution < 1.29 is 24.6 Å². The average Bonchev–Trinajstić information content (AvgIpc) is 3.44. The summed E-state index contributed by atoms with van der Waals surface area (Å²) in [4.78, 5) is 41.6. The van der Waals surface area contributed by atoms with Crippen LogP contribution in [0.5, 0.6) is 0 Å². The topological polar surface area (TPSA) is 155 Å². The first-order valence-corrected chi connectivity index (χ1v) is 10.3. The number of hydrogen-bond donors (Lipinski definition) is 3. The fourth-order valence-electron chi connectivity index (χ4n) is 4.52. The van der Waals surface area contributed by atoms with Crippen LogP contribution in [0.2, 0.25) is 0 Å². The predicted octanol–water partition coefficient (Wildman–Crippen LogP) is -0.376. The summed E-state index contributed by atoms with van der Waals surface area (Å²) in [5, 5.41) is 21.1. The molecule has 32 heavy (non-hydrogen) atoms. The van der Waals surface area contributed by atoms with Crippen molar-refractivity contribution in [2.24, 2.45) is 18.4 Å². The highest BCUT2D eigenvalue weighted by Gasteiger charge is 2.54. The summed E-state index contributed by atoms with van der Waals surface area (Å²) < 4.78 is 1.77. The molecular weight excluding hydrogens is 416 g/mol. The molecule has 0 unspecified atom stereocenters. The van der Waals surface area contributed by atoms with Gasteiger partial charge in [-0.2, -0.15) is 5.10 Å². The molecule has 2 amide bonds. The van der Waals surface area contributed by atoms with Crippen molar-refractivity contribution >= 4 is 24.1 Å². The number of nitrogen functional groups attached to an aromatic ring is 1. The maximum Gasteiger partial charge on any atom is 0.290 e. The number of nitrogens with zero attached hydrogens (tertiary/aromatic N) is 5. The Morgan fingerprint density at radius 2 is 1.94 bits per heavy atom. The molecule has 2 fully saturated rings. The van der Waals surface area contributed by atoms with Gasteiger partial charge in [-0.25, -0.2) is 4.98 Å². The van der Waals surface area contributed by atoms with E-state index >= 15 is 0 Å². The molecule has 4 rings (SSSR count). The van der Waals surface area contributed by atoms with Gasteiger partial charge in [0.05, 0.1) is 6.61 Å². The van der Waals surface area contributed by atoms with Crippen LogP contribution in [0.15, 0.2) is 30.5 Å². The van der Waals surface area contributed by atoms with E-state index in [1.54, 1.807) is 34.0 Å². The number of aliphatic hydroxyl groups is 1. The average molecular weight is 444 g/mol. The highest BCUT2D eigenvalue weighted by atomic mass is 16.3. The van der Waals surface area contributed by atoms with E-state index in [0.717, 1.165) is 5.69 Å². The summed E-state index contributed by atoms with van der Waals surface area (Å²) in [7, 11) is 1.86. The van der Waals surface area contributed by atoms with E-state index in [1.807, 2.05) is 18.0 Å². The molecule has 0 aromatic carbocycles. The van der Waals surface area contributed by atoms with Crippen LogP contribution < -0.4 is 5.73 Å². The van der Waals surface area contributed by atoms with Crippen LogP contribution in [0.3, 0.4) is 0 Å². The van der Waals surface area contributed by atoms with Crippen molar-refractivity contribution in [3.05, 3.63) is 41.9 Å². The largest absolute Gasteiger partial charge is 0.483 e. The minimum absolute atomic E-state index is 0.0539. The van der Waals surface area contributed by atoms with E-state index < -0.39 is 5.41 Å². The fourth-order valence-corrected chi connectivity index (χ4v) is 4.52. The first-order chi connectivity index (χ1) is 15.3. The van der Waals surface area contributed by atoms with Gasteiger partial charge < -0.3 is 25.7 Å². The van der Waals surface area contributed by atoms with Gasteiger partial charge in [-0.3, -0.25) is 19.1 Å². The standard InChI is InChI=1S/C20H26N6O3.CH2O2/c1-24-15(7-8-22-24)5-6-18(28)25-9-14-10-26(12-20(14,11-25)13-27)19(29)16-3-2-4-17(21)23-16;2-1-3/h2-4,7-8,14,27H,5-6,9-13H2,1H3,(H2,21,23);1H,(H,2,3)/t14-,20+;/m1./s1. The molecule has 11 heteroatoms. The Hall–Kier alpha value is -3.47. The monoisotopic (exact) mass is 444 g/mol. The minimum atomic E-state index is -0.474. The summed E-state index contributed by atoms with van der Waals surface area (Å²) in [5.74, 6) is 0.243. The van der Waals surface area contributed by atoms with Crippen molar-refractivity contribution in [3.8, 4) is 0 Å². The molecule has 11 nitrogen and oxygen atoms in total. The van der Waals surface area contributed by atoms with Gasteiger partial charge in [-0.15, -0.1) is 0 Å². The molecule has 0 bridgehead atoms. The number of hydrogen-bond acceptors (Lipinski definition) is 7. The van der Waals surface area contributed by atoms with E-state index in [1.165, 1.54) is 0 Å². The SMILES string of the molecule is Cn1nccc1CCC(=O)N1C[C@@H]2CN(C(=O)c3cccc(N)n3)C[C@]2(CO)C1.O=CO. The third-order valence-corrected chi connectivity index (χ3v) is 6.22. The van der Waals surface area contributed by atoms with E-state index in [-0.39, 0.29) is 30.8 Å². The first-order valence-electron chi connectivity index (χ1n) is 10.3. The Morgan fingerprint density at radius 1 is 1.25 bits per heavy atom. The zero-order chi connectivity index (χ0) is 23.3. The number of amides is 2. The van der Waals surface area contributed by atoms with Crippen LogP contribution in [-0.2, 0) is 23.1 Å². The highest BCUT2D eigenvalue weighted by Crippen LogP contribution is 2.42. The van der Waals surface area contributed by atoms with Crippen molar-refractivity contribution in [3.63, 3.8) is 0 Å². The molecule has 2 aliphatic rings. The zero-order valence-electron chi connectivity index (χ0n) is 17.9. The van der Waals surface area contributed by atoms with Gasteiger partial charge in [0, 0.05) is 62.9 Å². The van der Waals surface area contributed by atoms with Crippen molar-refractivity contribution in [2.45, 2.75) is 12.8 Å². The number of aromatic nitrogens is 3. The maximum atomic E-state index is 12.8. The van der Waals surface area contributed by atoms with Crippen LogP contribution in [0.1, 0.15) is 22.6 Å². The Morgan fingerprint density at radius 3 is 2.53 bits per heavy atom. The molecule has 4 heterocycles. The van der Waals surface area contributed by atoms with Gasteiger partial charge in [0.15, 0.2) is 0 Å². The van der Waals surface area contributed by atoms with Crippen LogP contribution in [0, 0.1) is 11.3 Å². The van der Waals surface area contributed by atoms with Crippen LogP contribution >= 0.6 is 0 Å². The lowest BCUT2D eigenvalue weighted by Crippen LogP contribution is -2.40. The quantitative estimate of drug-likeness (QED) is 0.527. The number of carbonyl (C=O) groups excluding carboxylic acids is 2. The molecular formula is C21H28N6O5. The second-order valence-electron chi connectivity index (χ2n) is 8.18. The van der Waals surface area contributed by atoms with Crippen molar-refractivity contribution in [1.82, 2.24) is 24.6 Å². The normalized spacial score (nSPS) is 21.6. The predicted molar refractivity (Wildman–Crippen MR) is 114 cm³/mol. The second-order valence-corrected chi connectivity index (χ2v) is 8.18. The third-order valence-electron chi connectivity index (χ3n) is 6.22.